The number of benzene rings is 1. The summed E-state index contributed by atoms with van der Waals surface area (Å²) in [7, 11) is 0. The Morgan fingerprint density at radius 2 is 1.81 bits per heavy atom. The van der Waals surface area contributed by atoms with Gasteiger partial charge in [0.25, 0.3) is 0 Å². The van der Waals surface area contributed by atoms with Crippen LogP contribution in [-0.2, 0) is 15.3 Å². The summed E-state index contributed by atoms with van der Waals surface area (Å²) >= 11 is 0. The number of halogens is 1. The van der Waals surface area contributed by atoms with Gasteiger partial charge in [0.15, 0.2) is 5.79 Å². The molecule has 0 atom stereocenters. The molecule has 0 aliphatic rings. The molecule has 0 aliphatic carbocycles. The van der Waals surface area contributed by atoms with Gasteiger partial charge in [0, 0.05) is 18.8 Å². The summed E-state index contributed by atoms with van der Waals surface area (Å²) in [6.45, 7) is 6.38. The molecule has 0 saturated carbocycles. The van der Waals surface area contributed by atoms with E-state index in [1.165, 1.54) is 6.07 Å². The van der Waals surface area contributed by atoms with Gasteiger partial charge >= 0.3 is 0 Å². The average Bonchev–Trinajstić information content (AvgIpc) is 2.22. The molecular weight excluding hydrogens is 209 g/mol. The van der Waals surface area contributed by atoms with Crippen molar-refractivity contribution in [2.75, 3.05) is 18.9 Å². The molecule has 2 N–H and O–H groups in total. The SMILES string of the molecule is CCOC(C)(OCC)c1cccc(F)c1N. The Balaban J connectivity index is 3.15. The Labute approximate surface area is 95.4 Å². The highest BCUT2D eigenvalue weighted by Gasteiger charge is 2.30. The van der Waals surface area contributed by atoms with Gasteiger partial charge in [-0.1, -0.05) is 12.1 Å². The summed E-state index contributed by atoms with van der Waals surface area (Å²) in [6.07, 6.45) is 0. The zero-order chi connectivity index (χ0) is 12.2. The standard InChI is InChI=1S/C12H18FNO2/c1-4-15-12(3,16-5-2)9-7-6-8-10(13)11(9)14/h6-8H,4-5,14H2,1-3H3. The highest BCUT2D eigenvalue weighted by atomic mass is 19.1. The molecule has 0 spiro atoms. The smallest absolute Gasteiger partial charge is 0.193 e. The maximum absolute atomic E-state index is 13.4. The van der Waals surface area contributed by atoms with Crippen LogP contribution in [0.3, 0.4) is 0 Å². The van der Waals surface area contributed by atoms with E-state index in [0.29, 0.717) is 18.8 Å². The first kappa shape index (κ1) is 12.9. The molecule has 1 aromatic rings. The maximum atomic E-state index is 13.4. The first-order chi connectivity index (χ1) is 7.55. The fraction of sp³-hybridized carbons (Fsp3) is 0.500. The van der Waals surface area contributed by atoms with Crippen molar-refractivity contribution in [2.24, 2.45) is 0 Å². The monoisotopic (exact) mass is 227 g/mol. The molecule has 3 nitrogen and oxygen atoms in total. The van der Waals surface area contributed by atoms with E-state index >= 15 is 0 Å². The molecule has 0 bridgehead atoms. The minimum Gasteiger partial charge on any atom is -0.396 e. The van der Waals surface area contributed by atoms with Crippen LogP contribution in [0.4, 0.5) is 10.1 Å². The van der Waals surface area contributed by atoms with Crippen molar-refractivity contribution in [2.45, 2.75) is 26.6 Å². The van der Waals surface area contributed by atoms with E-state index in [1.54, 1.807) is 19.1 Å². The lowest BCUT2D eigenvalue weighted by atomic mass is 10.0. The lowest BCUT2D eigenvalue weighted by Crippen LogP contribution is -2.31. The molecule has 0 unspecified atom stereocenters. The van der Waals surface area contributed by atoms with Crippen molar-refractivity contribution in [3.8, 4) is 0 Å². The third-order valence-corrected chi connectivity index (χ3v) is 2.38. The molecule has 0 aliphatic heterocycles. The van der Waals surface area contributed by atoms with Gasteiger partial charge in [0.05, 0.1) is 5.69 Å². The zero-order valence-corrected chi connectivity index (χ0v) is 9.92. The van der Waals surface area contributed by atoms with E-state index in [2.05, 4.69) is 0 Å². The van der Waals surface area contributed by atoms with Crippen LogP contribution in [-0.4, -0.2) is 13.2 Å². The minimum absolute atomic E-state index is 0.0758. The average molecular weight is 227 g/mol. The number of anilines is 1. The van der Waals surface area contributed by atoms with E-state index in [4.69, 9.17) is 15.2 Å². The highest BCUT2D eigenvalue weighted by molar-refractivity contribution is 5.50. The van der Waals surface area contributed by atoms with Crippen LogP contribution < -0.4 is 5.73 Å². The van der Waals surface area contributed by atoms with Gasteiger partial charge in [-0.2, -0.15) is 0 Å². The number of nitrogens with two attached hydrogens (primary N) is 1. The second kappa shape index (κ2) is 5.27. The molecule has 1 aromatic carbocycles. The second-order valence-electron chi connectivity index (χ2n) is 3.51. The van der Waals surface area contributed by atoms with Gasteiger partial charge in [0.1, 0.15) is 5.82 Å². The third kappa shape index (κ3) is 2.51. The lowest BCUT2D eigenvalue weighted by molar-refractivity contribution is -0.229. The minimum atomic E-state index is -0.990. The van der Waals surface area contributed by atoms with Crippen LogP contribution in [0.15, 0.2) is 18.2 Å². The molecule has 90 valence electrons. The molecule has 0 saturated heterocycles. The molecule has 0 heterocycles. The Morgan fingerprint density at radius 1 is 1.25 bits per heavy atom. The number of rotatable bonds is 5. The number of hydrogen-bond donors (Lipinski definition) is 1. The number of hydrogen-bond acceptors (Lipinski definition) is 3. The van der Waals surface area contributed by atoms with Gasteiger partial charge in [-0.05, 0) is 26.8 Å². The highest BCUT2D eigenvalue weighted by Crippen LogP contribution is 2.32. The predicted octanol–water partition coefficient (Wildman–Crippen LogP) is 2.65. The fourth-order valence-electron chi connectivity index (χ4n) is 1.68. The lowest BCUT2D eigenvalue weighted by Gasteiger charge is -2.30. The Kier molecular flexibility index (Phi) is 4.26. The van der Waals surface area contributed by atoms with Crippen LogP contribution >= 0.6 is 0 Å². The molecular formula is C12H18FNO2. The van der Waals surface area contributed by atoms with E-state index in [9.17, 15) is 4.39 Å². The summed E-state index contributed by atoms with van der Waals surface area (Å²) in [5.41, 5.74) is 6.29. The number of ether oxygens (including phenoxy) is 2. The molecule has 0 amide bonds. The summed E-state index contributed by atoms with van der Waals surface area (Å²) in [4.78, 5) is 0. The van der Waals surface area contributed by atoms with Gasteiger partial charge in [-0.15, -0.1) is 0 Å². The molecule has 4 heteroatoms. The molecule has 0 radical (unpaired) electrons. The van der Waals surface area contributed by atoms with Crippen molar-refractivity contribution in [1.82, 2.24) is 0 Å². The van der Waals surface area contributed by atoms with Crippen molar-refractivity contribution < 1.29 is 13.9 Å². The van der Waals surface area contributed by atoms with Crippen LogP contribution in [0.2, 0.25) is 0 Å². The molecule has 16 heavy (non-hydrogen) atoms. The molecule has 0 fully saturated rings. The van der Waals surface area contributed by atoms with E-state index < -0.39 is 11.6 Å². The van der Waals surface area contributed by atoms with Crippen molar-refractivity contribution in [3.63, 3.8) is 0 Å². The normalized spacial score (nSPS) is 11.8. The van der Waals surface area contributed by atoms with Crippen LogP contribution in [0.5, 0.6) is 0 Å². The predicted molar refractivity (Wildman–Crippen MR) is 61.4 cm³/mol. The number of nitrogen functional groups attached to an aromatic ring is 1. The molecule has 0 aromatic heterocycles. The zero-order valence-electron chi connectivity index (χ0n) is 9.92. The van der Waals surface area contributed by atoms with Crippen molar-refractivity contribution in [3.05, 3.63) is 29.6 Å². The van der Waals surface area contributed by atoms with Crippen molar-refractivity contribution in [1.29, 1.82) is 0 Å². The Morgan fingerprint density at radius 3 is 2.31 bits per heavy atom. The van der Waals surface area contributed by atoms with Gasteiger partial charge in [-0.3, -0.25) is 0 Å². The van der Waals surface area contributed by atoms with Crippen LogP contribution in [0, 0.1) is 5.82 Å². The second-order valence-corrected chi connectivity index (χ2v) is 3.51. The Hall–Kier alpha value is -1.13. The largest absolute Gasteiger partial charge is 0.396 e. The quantitative estimate of drug-likeness (QED) is 0.621. The van der Waals surface area contributed by atoms with E-state index in [1.807, 2.05) is 13.8 Å². The maximum Gasteiger partial charge on any atom is 0.193 e. The fourth-order valence-corrected chi connectivity index (χ4v) is 1.68. The van der Waals surface area contributed by atoms with Gasteiger partial charge in [-0.25, -0.2) is 4.39 Å². The third-order valence-electron chi connectivity index (χ3n) is 2.38. The van der Waals surface area contributed by atoms with Gasteiger partial charge < -0.3 is 15.2 Å². The topological polar surface area (TPSA) is 44.5 Å². The first-order valence-electron chi connectivity index (χ1n) is 5.37. The summed E-state index contributed by atoms with van der Waals surface area (Å²) < 4.78 is 24.4. The van der Waals surface area contributed by atoms with Crippen LogP contribution in [0.25, 0.3) is 0 Å². The summed E-state index contributed by atoms with van der Waals surface area (Å²) in [5, 5.41) is 0. The van der Waals surface area contributed by atoms with E-state index in [-0.39, 0.29) is 5.69 Å². The van der Waals surface area contributed by atoms with Gasteiger partial charge in [0.2, 0.25) is 0 Å². The number of para-hydroxylation sites is 1. The van der Waals surface area contributed by atoms with E-state index in [0.717, 1.165) is 0 Å². The Bertz CT molecular complexity index is 349. The first-order valence-corrected chi connectivity index (χ1v) is 5.37. The molecule has 1 rings (SSSR count). The van der Waals surface area contributed by atoms with Crippen molar-refractivity contribution >= 4 is 5.69 Å². The summed E-state index contributed by atoms with van der Waals surface area (Å²) in [5.74, 6) is -1.45. The van der Waals surface area contributed by atoms with Crippen LogP contribution in [0.1, 0.15) is 26.3 Å². The summed E-state index contributed by atoms with van der Waals surface area (Å²) in [6, 6.07) is 4.62.